The molecule has 36 heavy (non-hydrogen) atoms. The molecule has 0 aliphatic carbocycles. The molecule has 0 saturated carbocycles. The number of nitrogens with zero attached hydrogens (tertiary/aromatic N) is 3. The zero-order valence-corrected chi connectivity index (χ0v) is 20.8. The minimum Gasteiger partial charge on any atom is -0.497 e. The quantitative estimate of drug-likeness (QED) is 0.370. The van der Waals surface area contributed by atoms with Crippen molar-refractivity contribution in [2.24, 2.45) is 0 Å². The number of hydrogen-bond donors (Lipinski definition) is 1. The Hall–Kier alpha value is -3.75. The van der Waals surface area contributed by atoms with E-state index in [0.29, 0.717) is 36.0 Å². The fraction of sp³-hybridized carbons (Fsp3) is 0.214. The number of amides is 1. The fourth-order valence-corrected chi connectivity index (χ4v) is 5.04. The molecule has 0 spiro atoms. The second-order valence-electron chi connectivity index (χ2n) is 8.52. The number of rotatable bonds is 7. The normalized spacial score (nSPS) is 13.4. The van der Waals surface area contributed by atoms with Gasteiger partial charge in [0.1, 0.15) is 11.6 Å². The zero-order valence-electron chi connectivity index (χ0n) is 20.0. The molecule has 1 fully saturated rings. The molecule has 1 N–H and O–H groups in total. The highest BCUT2D eigenvalue weighted by Gasteiger charge is 2.20. The number of piperazine rings is 1. The van der Waals surface area contributed by atoms with E-state index < -0.39 is 0 Å². The van der Waals surface area contributed by atoms with Crippen molar-refractivity contribution in [3.8, 4) is 17.0 Å². The van der Waals surface area contributed by atoms with Crippen LogP contribution in [0.1, 0.15) is 15.9 Å². The van der Waals surface area contributed by atoms with Gasteiger partial charge in [0.15, 0.2) is 5.13 Å². The van der Waals surface area contributed by atoms with Gasteiger partial charge in [-0.3, -0.25) is 4.79 Å². The van der Waals surface area contributed by atoms with E-state index in [2.05, 4.69) is 5.32 Å². The highest BCUT2D eigenvalue weighted by atomic mass is 32.1. The Morgan fingerprint density at radius 3 is 2.47 bits per heavy atom. The molecule has 3 aromatic carbocycles. The van der Waals surface area contributed by atoms with Crippen LogP contribution < -0.4 is 15.0 Å². The number of halogens is 1. The molecule has 0 unspecified atom stereocenters. The summed E-state index contributed by atoms with van der Waals surface area (Å²) >= 11 is 1.46. The van der Waals surface area contributed by atoms with Crippen LogP contribution in [0.5, 0.6) is 5.75 Å². The minimum atomic E-state index is -0.316. The van der Waals surface area contributed by atoms with Gasteiger partial charge >= 0.3 is 0 Å². The van der Waals surface area contributed by atoms with Crippen molar-refractivity contribution in [1.82, 2.24) is 15.2 Å². The van der Waals surface area contributed by atoms with Crippen molar-refractivity contribution >= 4 is 28.1 Å². The number of carbonyl (C=O) groups excluding carboxylic acids is 1. The summed E-state index contributed by atoms with van der Waals surface area (Å²) in [7, 11) is 1.63. The molecule has 0 bridgehead atoms. The van der Waals surface area contributed by atoms with Gasteiger partial charge in [-0.2, -0.15) is 0 Å². The standard InChI is InChI=1S/C28H27FN4O2S/c1-35-23-12-10-21(11-13-23)25-19-36-28(31-25)33(26-5-3-2-4-24(26)29)18-20-6-8-22(9-7-20)27(34)32-16-14-30-15-17-32/h2-13,19,30H,14-18H2,1H3. The van der Waals surface area contributed by atoms with Gasteiger partial charge in [0.25, 0.3) is 5.91 Å². The van der Waals surface area contributed by atoms with Gasteiger partial charge in [0.05, 0.1) is 25.0 Å². The molecule has 1 amide bonds. The van der Waals surface area contributed by atoms with E-state index in [1.54, 1.807) is 19.2 Å². The van der Waals surface area contributed by atoms with E-state index in [-0.39, 0.29) is 11.7 Å². The summed E-state index contributed by atoms with van der Waals surface area (Å²) in [5.74, 6) is 0.503. The lowest BCUT2D eigenvalue weighted by atomic mass is 10.1. The van der Waals surface area contributed by atoms with Crippen molar-refractivity contribution in [2.45, 2.75) is 6.54 Å². The third-order valence-electron chi connectivity index (χ3n) is 6.20. The molecule has 1 saturated heterocycles. The van der Waals surface area contributed by atoms with Crippen LogP contribution in [-0.2, 0) is 6.54 Å². The molecular weight excluding hydrogens is 475 g/mol. The van der Waals surface area contributed by atoms with Crippen LogP contribution >= 0.6 is 11.3 Å². The monoisotopic (exact) mass is 502 g/mol. The Morgan fingerprint density at radius 2 is 1.78 bits per heavy atom. The van der Waals surface area contributed by atoms with Gasteiger partial charge in [-0.25, -0.2) is 9.37 Å². The highest BCUT2D eigenvalue weighted by Crippen LogP contribution is 2.35. The first-order chi connectivity index (χ1) is 17.6. The maximum Gasteiger partial charge on any atom is 0.253 e. The molecular formula is C28H27FN4O2S. The third kappa shape index (κ3) is 5.24. The Morgan fingerprint density at radius 1 is 1.06 bits per heavy atom. The molecule has 8 heteroatoms. The summed E-state index contributed by atoms with van der Waals surface area (Å²) in [5, 5.41) is 5.92. The number of methoxy groups -OCH3 is 1. The van der Waals surface area contributed by atoms with Gasteiger partial charge in [0.2, 0.25) is 0 Å². The van der Waals surface area contributed by atoms with Crippen LogP contribution in [0, 0.1) is 5.82 Å². The van der Waals surface area contributed by atoms with Crippen molar-refractivity contribution in [3.63, 3.8) is 0 Å². The first-order valence-corrected chi connectivity index (χ1v) is 12.7. The molecule has 4 aromatic rings. The summed E-state index contributed by atoms with van der Waals surface area (Å²) in [6.07, 6.45) is 0. The Labute approximate surface area is 214 Å². The lowest BCUT2D eigenvalue weighted by Gasteiger charge is -2.27. The smallest absolute Gasteiger partial charge is 0.253 e. The highest BCUT2D eigenvalue weighted by molar-refractivity contribution is 7.14. The Kier molecular flexibility index (Phi) is 7.25. The van der Waals surface area contributed by atoms with E-state index in [1.165, 1.54) is 17.4 Å². The van der Waals surface area contributed by atoms with Gasteiger partial charge in [0, 0.05) is 42.7 Å². The number of benzene rings is 3. The van der Waals surface area contributed by atoms with Gasteiger partial charge in [-0.05, 0) is 54.1 Å². The summed E-state index contributed by atoms with van der Waals surface area (Å²) in [4.78, 5) is 21.4. The fourth-order valence-electron chi connectivity index (χ4n) is 4.19. The summed E-state index contributed by atoms with van der Waals surface area (Å²) in [5.41, 5.74) is 3.85. The van der Waals surface area contributed by atoms with Crippen molar-refractivity contribution in [3.05, 3.63) is 95.1 Å². The topological polar surface area (TPSA) is 57.7 Å². The minimum absolute atomic E-state index is 0.0399. The molecule has 0 radical (unpaired) electrons. The van der Waals surface area contributed by atoms with Crippen molar-refractivity contribution < 1.29 is 13.9 Å². The van der Waals surface area contributed by atoms with E-state index in [0.717, 1.165) is 35.7 Å². The van der Waals surface area contributed by atoms with Gasteiger partial charge < -0.3 is 19.9 Å². The Bertz CT molecular complexity index is 1320. The SMILES string of the molecule is COc1ccc(-c2csc(N(Cc3ccc(C(=O)N4CCNCC4)cc3)c3ccccc3F)n2)cc1. The van der Waals surface area contributed by atoms with Crippen LogP contribution in [0.15, 0.2) is 78.2 Å². The number of carbonyl (C=O) groups is 1. The van der Waals surface area contributed by atoms with Crippen LogP contribution in [0.3, 0.4) is 0 Å². The number of nitrogens with one attached hydrogen (secondary N) is 1. The molecule has 0 atom stereocenters. The number of hydrogen-bond acceptors (Lipinski definition) is 6. The molecule has 184 valence electrons. The molecule has 5 rings (SSSR count). The molecule has 1 aromatic heterocycles. The molecule has 6 nitrogen and oxygen atoms in total. The lowest BCUT2D eigenvalue weighted by Crippen LogP contribution is -2.46. The van der Waals surface area contributed by atoms with E-state index in [1.807, 2.05) is 69.8 Å². The second-order valence-corrected chi connectivity index (χ2v) is 9.36. The number of thiazole rings is 1. The molecule has 1 aliphatic rings. The predicted octanol–water partition coefficient (Wildman–Crippen LogP) is 5.34. The largest absolute Gasteiger partial charge is 0.497 e. The van der Waals surface area contributed by atoms with E-state index in [4.69, 9.17) is 9.72 Å². The van der Waals surface area contributed by atoms with E-state index >= 15 is 0 Å². The van der Waals surface area contributed by atoms with Crippen molar-refractivity contribution in [1.29, 1.82) is 0 Å². The average molecular weight is 503 g/mol. The first-order valence-electron chi connectivity index (χ1n) is 11.8. The Balaban J connectivity index is 1.40. The van der Waals surface area contributed by atoms with Crippen LogP contribution in [0.2, 0.25) is 0 Å². The molecule has 1 aliphatic heterocycles. The first kappa shape index (κ1) is 24.0. The number of aromatic nitrogens is 1. The van der Waals surface area contributed by atoms with Crippen LogP contribution in [-0.4, -0.2) is 49.1 Å². The van der Waals surface area contributed by atoms with Crippen LogP contribution in [0.4, 0.5) is 15.2 Å². The maximum absolute atomic E-state index is 14.9. The number of ether oxygens (including phenoxy) is 1. The summed E-state index contributed by atoms with van der Waals surface area (Å²) < 4.78 is 20.1. The average Bonchev–Trinajstić information content (AvgIpc) is 3.43. The van der Waals surface area contributed by atoms with Crippen LogP contribution in [0.25, 0.3) is 11.3 Å². The zero-order chi connectivity index (χ0) is 24.9. The summed E-state index contributed by atoms with van der Waals surface area (Å²) in [6, 6.07) is 22.0. The third-order valence-corrected chi connectivity index (χ3v) is 7.06. The van der Waals surface area contributed by atoms with Crippen molar-refractivity contribution in [2.75, 3.05) is 38.2 Å². The number of para-hydroxylation sites is 1. The van der Waals surface area contributed by atoms with Gasteiger partial charge in [-0.15, -0.1) is 11.3 Å². The molecule has 2 heterocycles. The van der Waals surface area contributed by atoms with E-state index in [9.17, 15) is 9.18 Å². The summed E-state index contributed by atoms with van der Waals surface area (Å²) in [6.45, 7) is 3.46. The predicted molar refractivity (Wildman–Crippen MR) is 142 cm³/mol. The maximum atomic E-state index is 14.9. The second kappa shape index (κ2) is 10.9. The number of anilines is 2. The van der Waals surface area contributed by atoms with Gasteiger partial charge in [-0.1, -0.05) is 24.3 Å². The lowest BCUT2D eigenvalue weighted by molar-refractivity contribution is 0.0736.